The first-order valence-electron chi connectivity index (χ1n) is 6.82. The number of aromatic nitrogens is 2. The van der Waals surface area contributed by atoms with Crippen LogP contribution in [0.4, 0.5) is 5.82 Å². The van der Waals surface area contributed by atoms with E-state index in [1.165, 1.54) is 0 Å². The van der Waals surface area contributed by atoms with Gasteiger partial charge >= 0.3 is 0 Å². The summed E-state index contributed by atoms with van der Waals surface area (Å²) >= 11 is 0. The first kappa shape index (κ1) is 13.6. The number of benzene rings is 1. The third-order valence-corrected chi connectivity index (χ3v) is 3.91. The van der Waals surface area contributed by atoms with Gasteiger partial charge in [0.05, 0.1) is 17.1 Å². The summed E-state index contributed by atoms with van der Waals surface area (Å²) in [6.07, 6.45) is 0.861. The molecule has 1 aromatic heterocycles. The number of aryl methyl sites for hydroxylation is 1. The molecule has 0 aliphatic heterocycles. The molecule has 0 radical (unpaired) electrons. The average Bonchev–Trinajstić information content (AvgIpc) is 3.14. The molecule has 21 heavy (non-hydrogen) atoms. The third-order valence-electron chi connectivity index (χ3n) is 3.91. The van der Waals surface area contributed by atoms with Crippen LogP contribution in [0.2, 0.25) is 0 Å². The Morgan fingerprint density at radius 2 is 2.43 bits per heavy atom. The van der Waals surface area contributed by atoms with Gasteiger partial charge in [0.1, 0.15) is 0 Å². The molecule has 1 amide bonds. The van der Waals surface area contributed by atoms with E-state index in [4.69, 9.17) is 10.00 Å². The summed E-state index contributed by atoms with van der Waals surface area (Å²) in [4.78, 5) is 12.1. The highest BCUT2D eigenvalue weighted by atomic mass is 16.5. The van der Waals surface area contributed by atoms with Crippen LogP contribution in [-0.2, 0) is 9.53 Å². The van der Waals surface area contributed by atoms with Gasteiger partial charge < -0.3 is 10.1 Å². The number of nitriles is 1. The van der Waals surface area contributed by atoms with Crippen molar-refractivity contribution in [3.8, 4) is 6.07 Å². The molecule has 1 fully saturated rings. The lowest BCUT2D eigenvalue weighted by Gasteiger charge is -2.03. The summed E-state index contributed by atoms with van der Waals surface area (Å²) in [5.41, 5.74) is 2.22. The molecule has 6 heteroatoms. The normalized spacial score (nSPS) is 20.2. The fourth-order valence-corrected chi connectivity index (χ4v) is 2.56. The number of carbonyl (C=O) groups is 1. The Morgan fingerprint density at radius 1 is 1.62 bits per heavy atom. The zero-order valence-corrected chi connectivity index (χ0v) is 11.9. The molecule has 2 aromatic rings. The molecule has 6 nitrogen and oxygen atoms in total. The number of fused-ring (bicyclic) bond motifs is 1. The standard InChI is InChI=1S/C15H16N4O2/c1-8-3-12-13(5-9(8)6-16)18-19-14(12)17-15(20)11-4-10(11)7-21-2/h3,5,10-11H,4,7H2,1-2H3,(H2,17,18,19,20)/t10-,11+/m1/s1. The van der Waals surface area contributed by atoms with E-state index in [0.717, 1.165) is 22.9 Å². The highest BCUT2D eigenvalue weighted by Gasteiger charge is 2.43. The van der Waals surface area contributed by atoms with Crippen LogP contribution in [0.5, 0.6) is 0 Å². The molecule has 1 aromatic carbocycles. The van der Waals surface area contributed by atoms with Crippen LogP contribution in [0.15, 0.2) is 12.1 Å². The minimum Gasteiger partial charge on any atom is -0.384 e. The maximum atomic E-state index is 12.1. The topological polar surface area (TPSA) is 90.8 Å². The van der Waals surface area contributed by atoms with Gasteiger partial charge in [-0.3, -0.25) is 9.89 Å². The SMILES string of the molecule is COC[C@H]1C[C@@H]1C(=O)Nc1n[nH]c2cc(C#N)c(C)cc12. The third kappa shape index (κ3) is 2.48. The van der Waals surface area contributed by atoms with Gasteiger partial charge in [0, 0.05) is 25.0 Å². The monoisotopic (exact) mass is 284 g/mol. The predicted octanol–water partition coefficient (Wildman–Crippen LogP) is 1.96. The molecular weight excluding hydrogens is 268 g/mol. The molecule has 1 saturated carbocycles. The molecule has 1 aliphatic carbocycles. The van der Waals surface area contributed by atoms with Crippen molar-refractivity contribution in [1.82, 2.24) is 10.2 Å². The number of carbonyl (C=O) groups excluding carboxylic acids is 1. The Labute approximate surface area is 122 Å². The summed E-state index contributed by atoms with van der Waals surface area (Å²) in [6.45, 7) is 2.48. The van der Waals surface area contributed by atoms with Gasteiger partial charge in [-0.2, -0.15) is 10.4 Å². The van der Waals surface area contributed by atoms with Crippen LogP contribution in [0.3, 0.4) is 0 Å². The van der Waals surface area contributed by atoms with Crippen molar-refractivity contribution in [3.05, 3.63) is 23.3 Å². The summed E-state index contributed by atoms with van der Waals surface area (Å²) in [5, 5.41) is 19.7. The molecule has 108 valence electrons. The second-order valence-corrected chi connectivity index (χ2v) is 5.44. The molecule has 1 heterocycles. The number of H-pyrrole nitrogens is 1. The van der Waals surface area contributed by atoms with Gasteiger partial charge in [0.15, 0.2) is 5.82 Å². The van der Waals surface area contributed by atoms with Crippen LogP contribution in [-0.4, -0.2) is 29.8 Å². The van der Waals surface area contributed by atoms with E-state index in [0.29, 0.717) is 23.9 Å². The number of hydrogen-bond acceptors (Lipinski definition) is 4. The first-order valence-corrected chi connectivity index (χ1v) is 6.82. The minimum absolute atomic E-state index is 0.0104. The molecule has 2 atom stereocenters. The molecule has 1 aliphatic rings. The Bertz CT molecular complexity index is 744. The van der Waals surface area contributed by atoms with Crippen molar-refractivity contribution in [3.63, 3.8) is 0 Å². The number of nitrogens with zero attached hydrogens (tertiary/aromatic N) is 2. The minimum atomic E-state index is -0.0209. The van der Waals surface area contributed by atoms with E-state index in [-0.39, 0.29) is 11.8 Å². The number of amides is 1. The average molecular weight is 284 g/mol. The van der Waals surface area contributed by atoms with Crippen molar-refractivity contribution in [2.24, 2.45) is 11.8 Å². The zero-order chi connectivity index (χ0) is 15.0. The van der Waals surface area contributed by atoms with Crippen molar-refractivity contribution in [2.45, 2.75) is 13.3 Å². The Kier molecular flexibility index (Phi) is 3.35. The summed E-state index contributed by atoms with van der Waals surface area (Å²) in [5.74, 6) is 0.821. The number of rotatable bonds is 4. The highest BCUT2D eigenvalue weighted by molar-refractivity contribution is 6.01. The molecule has 0 unspecified atom stereocenters. The number of ether oxygens (including phenoxy) is 1. The first-order chi connectivity index (χ1) is 10.1. The van der Waals surface area contributed by atoms with E-state index in [9.17, 15) is 4.79 Å². The van der Waals surface area contributed by atoms with Crippen molar-refractivity contribution < 1.29 is 9.53 Å². The Morgan fingerprint density at radius 3 is 3.14 bits per heavy atom. The Balaban J connectivity index is 1.81. The highest BCUT2D eigenvalue weighted by Crippen LogP contribution is 2.39. The van der Waals surface area contributed by atoms with E-state index < -0.39 is 0 Å². The lowest BCUT2D eigenvalue weighted by atomic mass is 10.1. The van der Waals surface area contributed by atoms with E-state index in [1.54, 1.807) is 13.2 Å². The van der Waals surface area contributed by atoms with Gasteiger partial charge in [-0.25, -0.2) is 0 Å². The van der Waals surface area contributed by atoms with Crippen molar-refractivity contribution in [2.75, 3.05) is 19.0 Å². The smallest absolute Gasteiger partial charge is 0.229 e. The number of aromatic amines is 1. The van der Waals surface area contributed by atoms with Crippen LogP contribution in [0, 0.1) is 30.1 Å². The second kappa shape index (κ2) is 5.19. The maximum absolute atomic E-state index is 12.1. The number of methoxy groups -OCH3 is 1. The Hall–Kier alpha value is -2.39. The second-order valence-electron chi connectivity index (χ2n) is 5.44. The van der Waals surface area contributed by atoms with Crippen molar-refractivity contribution in [1.29, 1.82) is 5.26 Å². The lowest BCUT2D eigenvalue weighted by molar-refractivity contribution is -0.117. The van der Waals surface area contributed by atoms with E-state index in [1.807, 2.05) is 13.0 Å². The quantitative estimate of drug-likeness (QED) is 0.898. The fourth-order valence-electron chi connectivity index (χ4n) is 2.56. The molecule has 2 N–H and O–H groups in total. The van der Waals surface area contributed by atoms with Crippen LogP contribution < -0.4 is 5.32 Å². The number of hydrogen-bond donors (Lipinski definition) is 2. The van der Waals surface area contributed by atoms with E-state index in [2.05, 4.69) is 21.6 Å². The van der Waals surface area contributed by atoms with Gasteiger partial charge in [0.2, 0.25) is 5.91 Å². The van der Waals surface area contributed by atoms with Crippen LogP contribution in [0.25, 0.3) is 10.9 Å². The fraction of sp³-hybridized carbons (Fsp3) is 0.400. The largest absolute Gasteiger partial charge is 0.384 e. The van der Waals surface area contributed by atoms with Gasteiger partial charge in [-0.1, -0.05) is 0 Å². The van der Waals surface area contributed by atoms with Gasteiger partial charge in [-0.15, -0.1) is 0 Å². The van der Waals surface area contributed by atoms with Crippen molar-refractivity contribution >= 4 is 22.6 Å². The summed E-state index contributed by atoms with van der Waals surface area (Å²) in [7, 11) is 1.64. The lowest BCUT2D eigenvalue weighted by Crippen LogP contribution is -2.16. The summed E-state index contributed by atoms with van der Waals surface area (Å²) < 4.78 is 5.06. The van der Waals surface area contributed by atoms with Gasteiger partial charge in [0.25, 0.3) is 0 Å². The van der Waals surface area contributed by atoms with E-state index >= 15 is 0 Å². The number of nitrogens with one attached hydrogen (secondary N) is 2. The summed E-state index contributed by atoms with van der Waals surface area (Å²) in [6, 6.07) is 5.75. The molecule has 0 saturated heterocycles. The molecular formula is C15H16N4O2. The van der Waals surface area contributed by atoms with Crippen LogP contribution in [0.1, 0.15) is 17.5 Å². The molecule has 3 rings (SSSR count). The molecule has 0 spiro atoms. The maximum Gasteiger partial charge on any atom is 0.229 e. The zero-order valence-electron chi connectivity index (χ0n) is 11.9. The van der Waals surface area contributed by atoms with Crippen LogP contribution >= 0.6 is 0 Å². The predicted molar refractivity (Wildman–Crippen MR) is 77.6 cm³/mol. The molecule has 0 bridgehead atoms. The number of anilines is 1. The van der Waals surface area contributed by atoms with Gasteiger partial charge in [-0.05, 0) is 37.0 Å².